The first-order chi connectivity index (χ1) is 7.49. The summed E-state index contributed by atoms with van der Waals surface area (Å²) in [6, 6.07) is 5.18. The van der Waals surface area contributed by atoms with Crippen molar-refractivity contribution < 1.29 is 9.90 Å². The van der Waals surface area contributed by atoms with E-state index in [1.807, 2.05) is 18.9 Å². The molecule has 0 saturated carbocycles. The maximum Gasteiger partial charge on any atom is 0.337 e. The van der Waals surface area contributed by atoms with Gasteiger partial charge < -0.3 is 10.0 Å². The Labute approximate surface area is 101 Å². The van der Waals surface area contributed by atoms with Gasteiger partial charge in [-0.25, -0.2) is 4.79 Å². The molecule has 1 N–H and O–H groups in total. The highest BCUT2D eigenvalue weighted by atomic mass is 35.5. The molecule has 0 saturated heterocycles. The zero-order valence-corrected chi connectivity index (χ0v) is 10.5. The normalized spacial score (nSPS) is 12.2. The van der Waals surface area contributed by atoms with E-state index in [9.17, 15) is 4.79 Å². The van der Waals surface area contributed by atoms with Gasteiger partial charge in [-0.1, -0.05) is 24.6 Å². The number of carboxylic acid groups (broad SMARTS) is 1. The van der Waals surface area contributed by atoms with Crippen molar-refractivity contribution in [1.82, 2.24) is 0 Å². The zero-order valence-electron chi connectivity index (χ0n) is 9.70. The average molecular weight is 242 g/mol. The smallest absolute Gasteiger partial charge is 0.337 e. The first-order valence-corrected chi connectivity index (χ1v) is 5.61. The number of halogens is 1. The van der Waals surface area contributed by atoms with Crippen molar-refractivity contribution in [3.63, 3.8) is 0 Å². The maximum absolute atomic E-state index is 11.1. The number of hydrogen-bond donors (Lipinski definition) is 1. The molecule has 0 spiro atoms. The molecule has 0 aliphatic rings. The second kappa shape index (κ2) is 5.21. The number of hydrogen-bond acceptors (Lipinski definition) is 2. The van der Waals surface area contributed by atoms with E-state index >= 15 is 0 Å². The van der Waals surface area contributed by atoms with Gasteiger partial charge in [-0.2, -0.15) is 0 Å². The fourth-order valence-electron chi connectivity index (χ4n) is 1.54. The van der Waals surface area contributed by atoms with Gasteiger partial charge in [0.2, 0.25) is 0 Å². The SMILES string of the molecule is CCC(C)N(C)c1c(Cl)cccc1C(=O)O. The molecule has 0 heterocycles. The summed E-state index contributed by atoms with van der Waals surface area (Å²) < 4.78 is 0. The highest BCUT2D eigenvalue weighted by molar-refractivity contribution is 6.34. The number of aromatic carboxylic acids is 1. The Kier molecular flexibility index (Phi) is 4.19. The van der Waals surface area contributed by atoms with Crippen LogP contribution in [0.15, 0.2) is 18.2 Å². The lowest BCUT2D eigenvalue weighted by atomic mass is 10.1. The van der Waals surface area contributed by atoms with Crippen LogP contribution in [0.3, 0.4) is 0 Å². The van der Waals surface area contributed by atoms with Gasteiger partial charge in [0.1, 0.15) is 0 Å². The van der Waals surface area contributed by atoms with E-state index in [1.165, 1.54) is 0 Å². The average Bonchev–Trinajstić information content (AvgIpc) is 2.26. The molecule has 0 bridgehead atoms. The number of carbonyl (C=O) groups is 1. The summed E-state index contributed by atoms with van der Waals surface area (Å²) in [5.74, 6) is -0.951. The number of para-hydroxylation sites is 1. The summed E-state index contributed by atoms with van der Waals surface area (Å²) in [6.07, 6.45) is 0.931. The van der Waals surface area contributed by atoms with Crippen molar-refractivity contribution in [3.8, 4) is 0 Å². The number of nitrogens with zero attached hydrogens (tertiary/aromatic N) is 1. The van der Waals surface area contributed by atoms with Crippen LogP contribution in [0.1, 0.15) is 30.6 Å². The van der Waals surface area contributed by atoms with Gasteiger partial charge in [0.05, 0.1) is 16.3 Å². The molecule has 0 fully saturated rings. The van der Waals surface area contributed by atoms with Crippen LogP contribution in [0.25, 0.3) is 0 Å². The van der Waals surface area contributed by atoms with Crippen LogP contribution in [0, 0.1) is 0 Å². The maximum atomic E-state index is 11.1. The predicted molar refractivity (Wildman–Crippen MR) is 66.6 cm³/mol. The number of benzene rings is 1. The third-order valence-corrected chi connectivity index (χ3v) is 3.13. The topological polar surface area (TPSA) is 40.5 Å². The van der Waals surface area contributed by atoms with Crippen LogP contribution in [-0.4, -0.2) is 24.2 Å². The molecule has 0 aliphatic heterocycles. The Bertz CT molecular complexity index is 393. The molecular weight excluding hydrogens is 226 g/mol. The van der Waals surface area contributed by atoms with Gasteiger partial charge >= 0.3 is 5.97 Å². The van der Waals surface area contributed by atoms with Gasteiger partial charge in [0.15, 0.2) is 0 Å². The number of rotatable bonds is 4. The molecule has 0 aliphatic carbocycles. The molecule has 1 unspecified atom stereocenters. The molecular formula is C12H16ClNO2. The monoisotopic (exact) mass is 241 g/mol. The third kappa shape index (κ3) is 2.47. The molecule has 4 heteroatoms. The summed E-state index contributed by atoms with van der Waals surface area (Å²) in [5.41, 5.74) is 0.835. The summed E-state index contributed by atoms with van der Waals surface area (Å²) >= 11 is 6.06. The van der Waals surface area contributed by atoms with Gasteiger partial charge in [0.25, 0.3) is 0 Å². The fourth-order valence-corrected chi connectivity index (χ4v) is 1.85. The van der Waals surface area contributed by atoms with Gasteiger partial charge in [-0.15, -0.1) is 0 Å². The highest BCUT2D eigenvalue weighted by Gasteiger charge is 2.19. The standard InChI is InChI=1S/C12H16ClNO2/c1-4-8(2)14(3)11-9(12(15)16)6-5-7-10(11)13/h5-8H,4H2,1-3H3,(H,15,16). The van der Waals surface area contributed by atoms with Crippen molar-refractivity contribution in [2.75, 3.05) is 11.9 Å². The Hall–Kier alpha value is -1.22. The molecule has 16 heavy (non-hydrogen) atoms. The molecule has 0 amide bonds. The molecule has 1 atom stereocenters. The van der Waals surface area contributed by atoms with Crippen LogP contribution >= 0.6 is 11.6 Å². The summed E-state index contributed by atoms with van der Waals surface area (Å²) in [4.78, 5) is 13.0. The van der Waals surface area contributed by atoms with E-state index in [0.717, 1.165) is 6.42 Å². The molecule has 1 aromatic rings. The highest BCUT2D eigenvalue weighted by Crippen LogP contribution is 2.30. The van der Waals surface area contributed by atoms with Crippen molar-refractivity contribution in [1.29, 1.82) is 0 Å². The third-order valence-electron chi connectivity index (χ3n) is 2.82. The summed E-state index contributed by atoms with van der Waals surface area (Å²) in [5, 5.41) is 9.58. The molecule has 0 radical (unpaired) electrons. The summed E-state index contributed by atoms with van der Waals surface area (Å²) in [6.45, 7) is 4.09. The van der Waals surface area contributed by atoms with Crippen molar-refractivity contribution >= 4 is 23.3 Å². The quantitative estimate of drug-likeness (QED) is 0.880. The zero-order chi connectivity index (χ0) is 12.3. The minimum absolute atomic E-state index is 0.246. The number of anilines is 1. The van der Waals surface area contributed by atoms with E-state index in [2.05, 4.69) is 6.92 Å². The lowest BCUT2D eigenvalue weighted by molar-refractivity contribution is 0.0697. The summed E-state index contributed by atoms with van der Waals surface area (Å²) in [7, 11) is 1.86. The van der Waals surface area contributed by atoms with Crippen LogP contribution in [0.4, 0.5) is 5.69 Å². The van der Waals surface area contributed by atoms with Crippen LogP contribution in [-0.2, 0) is 0 Å². The van der Waals surface area contributed by atoms with Crippen molar-refractivity contribution in [2.24, 2.45) is 0 Å². The number of carboxylic acids is 1. The first-order valence-electron chi connectivity index (χ1n) is 5.23. The van der Waals surface area contributed by atoms with E-state index < -0.39 is 5.97 Å². The van der Waals surface area contributed by atoms with Crippen LogP contribution < -0.4 is 4.90 Å². The molecule has 3 nitrogen and oxygen atoms in total. The van der Waals surface area contributed by atoms with Gasteiger partial charge in [0, 0.05) is 13.1 Å². The Balaban J connectivity index is 3.24. The second-order valence-corrected chi connectivity index (χ2v) is 4.22. The van der Waals surface area contributed by atoms with E-state index in [1.54, 1.807) is 18.2 Å². The molecule has 1 aromatic carbocycles. The van der Waals surface area contributed by atoms with Crippen molar-refractivity contribution in [3.05, 3.63) is 28.8 Å². The Morgan fingerprint density at radius 3 is 2.69 bits per heavy atom. The Morgan fingerprint density at radius 1 is 1.56 bits per heavy atom. The Morgan fingerprint density at radius 2 is 2.19 bits per heavy atom. The fraction of sp³-hybridized carbons (Fsp3) is 0.417. The van der Waals surface area contributed by atoms with E-state index in [-0.39, 0.29) is 11.6 Å². The van der Waals surface area contributed by atoms with Crippen molar-refractivity contribution in [2.45, 2.75) is 26.3 Å². The van der Waals surface area contributed by atoms with E-state index in [0.29, 0.717) is 10.7 Å². The first kappa shape index (κ1) is 12.8. The van der Waals surface area contributed by atoms with E-state index in [4.69, 9.17) is 16.7 Å². The van der Waals surface area contributed by atoms with Crippen LogP contribution in [0.2, 0.25) is 5.02 Å². The molecule has 0 aromatic heterocycles. The van der Waals surface area contributed by atoms with Gasteiger partial charge in [-0.3, -0.25) is 0 Å². The molecule has 88 valence electrons. The lowest BCUT2D eigenvalue weighted by Crippen LogP contribution is -2.29. The minimum Gasteiger partial charge on any atom is -0.478 e. The van der Waals surface area contributed by atoms with Gasteiger partial charge in [-0.05, 0) is 25.5 Å². The molecule has 1 rings (SSSR count). The minimum atomic E-state index is -0.951. The van der Waals surface area contributed by atoms with Crippen LogP contribution in [0.5, 0.6) is 0 Å². The lowest BCUT2D eigenvalue weighted by Gasteiger charge is -2.28. The predicted octanol–water partition coefficient (Wildman–Crippen LogP) is 3.27. The largest absolute Gasteiger partial charge is 0.478 e. The second-order valence-electron chi connectivity index (χ2n) is 3.81.